The van der Waals surface area contributed by atoms with E-state index in [0.717, 1.165) is 37.8 Å². The zero-order valence-corrected chi connectivity index (χ0v) is 37.4. The molecule has 0 saturated heterocycles. The number of halogens is 3. The Kier molecular flexibility index (Phi) is 22.1. The molecular weight excluding hydrogens is 714 g/mol. The molecular formula is C31H71F3O9Si5. The molecule has 0 aliphatic rings. The van der Waals surface area contributed by atoms with Crippen LogP contribution in [0.1, 0.15) is 59.8 Å². The lowest BCUT2D eigenvalue weighted by Gasteiger charge is -2.44. The molecule has 0 saturated carbocycles. The second kappa shape index (κ2) is 21.9. The molecule has 48 heavy (non-hydrogen) atoms. The van der Waals surface area contributed by atoms with E-state index in [-0.39, 0.29) is 24.9 Å². The predicted octanol–water partition coefficient (Wildman–Crippen LogP) is 8.29. The summed E-state index contributed by atoms with van der Waals surface area (Å²) in [6.07, 6.45) is -2.95. The minimum absolute atomic E-state index is 0.120. The van der Waals surface area contributed by atoms with Crippen LogP contribution in [0.15, 0.2) is 0 Å². The van der Waals surface area contributed by atoms with Crippen molar-refractivity contribution in [3.63, 3.8) is 0 Å². The maximum atomic E-state index is 13.5. The minimum Gasteiger partial charge on any atom is -0.436 e. The van der Waals surface area contributed by atoms with Gasteiger partial charge in [0.15, 0.2) is 16.6 Å². The van der Waals surface area contributed by atoms with Crippen LogP contribution < -0.4 is 0 Å². The summed E-state index contributed by atoms with van der Waals surface area (Å²) in [6.45, 7) is 27.8. The molecule has 0 heterocycles. The summed E-state index contributed by atoms with van der Waals surface area (Å²) in [6, 6.07) is 1.44. The van der Waals surface area contributed by atoms with Crippen molar-refractivity contribution in [2.45, 2.75) is 161 Å². The van der Waals surface area contributed by atoms with Gasteiger partial charge >= 0.3 is 31.9 Å². The SMILES string of the molecule is CC(O)CCC(C)COCCC[Si](C)(C)O[Si](C)(C)O[Si](C)(CCC(F)(F)F)O[Si](C)(C)O[Si](C)(C)CCCOCC(C)OCC(C)O. The topological polar surface area (TPSA) is 105 Å². The van der Waals surface area contributed by atoms with E-state index in [0.29, 0.717) is 32.3 Å². The molecule has 0 aromatic rings. The van der Waals surface area contributed by atoms with E-state index in [1.807, 2.05) is 33.1 Å². The van der Waals surface area contributed by atoms with E-state index in [2.05, 4.69) is 33.1 Å². The summed E-state index contributed by atoms with van der Waals surface area (Å²) in [5.41, 5.74) is 0. The quantitative estimate of drug-likeness (QED) is 0.0599. The molecule has 0 aromatic heterocycles. The van der Waals surface area contributed by atoms with Crippen LogP contribution in [0.4, 0.5) is 13.2 Å². The van der Waals surface area contributed by atoms with Crippen molar-refractivity contribution in [3.8, 4) is 0 Å². The van der Waals surface area contributed by atoms with Crippen LogP contribution >= 0.6 is 0 Å². The highest BCUT2D eigenvalue weighted by molar-refractivity contribution is 6.90. The van der Waals surface area contributed by atoms with Crippen LogP contribution in [-0.2, 0) is 30.7 Å². The Hall–Kier alpha value is 0.514. The van der Waals surface area contributed by atoms with Crippen molar-refractivity contribution >= 4 is 42.3 Å². The Morgan fingerprint density at radius 3 is 1.46 bits per heavy atom. The fourth-order valence-corrected chi connectivity index (χ4v) is 30.7. The zero-order chi connectivity index (χ0) is 37.5. The maximum absolute atomic E-state index is 13.5. The summed E-state index contributed by atoms with van der Waals surface area (Å²) >= 11 is 0. The van der Waals surface area contributed by atoms with Gasteiger partial charge in [0.2, 0.25) is 0 Å². The molecule has 0 rings (SSSR count). The van der Waals surface area contributed by atoms with Crippen molar-refractivity contribution in [2.24, 2.45) is 5.92 Å². The molecule has 0 radical (unpaired) electrons. The van der Waals surface area contributed by atoms with Crippen molar-refractivity contribution in [1.82, 2.24) is 0 Å². The number of hydrogen-bond acceptors (Lipinski definition) is 9. The van der Waals surface area contributed by atoms with E-state index >= 15 is 0 Å². The highest BCUT2D eigenvalue weighted by Gasteiger charge is 2.49. The van der Waals surface area contributed by atoms with Crippen molar-refractivity contribution in [1.29, 1.82) is 0 Å². The van der Waals surface area contributed by atoms with E-state index in [1.54, 1.807) is 20.4 Å². The van der Waals surface area contributed by atoms with Gasteiger partial charge in [0.25, 0.3) is 0 Å². The Morgan fingerprint density at radius 2 is 1.04 bits per heavy atom. The molecule has 0 fully saturated rings. The number of alkyl halides is 3. The van der Waals surface area contributed by atoms with Gasteiger partial charge in [-0.1, -0.05) is 6.92 Å². The molecule has 0 aliphatic heterocycles. The zero-order valence-electron chi connectivity index (χ0n) is 32.4. The fourth-order valence-electron chi connectivity index (χ4n) is 5.70. The molecule has 0 bridgehead atoms. The number of aliphatic hydroxyl groups excluding tert-OH is 2. The molecule has 9 nitrogen and oxygen atoms in total. The summed E-state index contributed by atoms with van der Waals surface area (Å²) in [5.74, 6) is 0.376. The maximum Gasteiger partial charge on any atom is 0.389 e. The normalized spacial score (nSPS) is 17.6. The van der Waals surface area contributed by atoms with Gasteiger partial charge in [0.1, 0.15) is 0 Å². The highest BCUT2D eigenvalue weighted by atomic mass is 28.5. The van der Waals surface area contributed by atoms with Crippen LogP contribution in [0, 0.1) is 5.92 Å². The fraction of sp³-hybridized carbons (Fsp3) is 1.00. The third-order valence-corrected chi connectivity index (χ3v) is 27.4. The van der Waals surface area contributed by atoms with E-state index in [9.17, 15) is 23.4 Å². The van der Waals surface area contributed by atoms with Crippen LogP contribution in [0.3, 0.4) is 0 Å². The number of hydrogen-bond donors (Lipinski definition) is 2. The first kappa shape index (κ1) is 48.5. The molecule has 290 valence electrons. The number of rotatable bonds is 28. The standard InChI is InChI=1S/C31H71F3O9Si5/c1-27(16-17-28(2)35)24-37-19-14-21-44(5,6)40-46(9,10)42-48(13,23-18-31(32,33)34)43-47(11,12)41-45(7,8)22-15-20-38-26-30(4)39-25-29(3)36/h27-30,35-36H,14-26H2,1-13H3. The van der Waals surface area contributed by atoms with Crippen LogP contribution in [0.25, 0.3) is 0 Å². The summed E-state index contributed by atoms with van der Waals surface area (Å²) in [7, 11) is -13.6. The number of aliphatic hydroxyl groups is 2. The van der Waals surface area contributed by atoms with Crippen LogP contribution in [0.2, 0.25) is 77.1 Å². The third kappa shape index (κ3) is 27.2. The van der Waals surface area contributed by atoms with Gasteiger partial charge < -0.3 is 40.9 Å². The average molecular weight is 785 g/mol. The predicted molar refractivity (Wildman–Crippen MR) is 199 cm³/mol. The first-order valence-electron chi connectivity index (χ1n) is 17.7. The van der Waals surface area contributed by atoms with E-state index in [4.69, 9.17) is 30.7 Å². The summed E-state index contributed by atoms with van der Waals surface area (Å²) in [5, 5.41) is 18.8. The van der Waals surface area contributed by atoms with Gasteiger partial charge in [0.05, 0.1) is 31.5 Å². The van der Waals surface area contributed by atoms with Crippen LogP contribution in [0.5, 0.6) is 0 Å². The molecule has 5 atom stereocenters. The largest absolute Gasteiger partial charge is 0.436 e. The number of ether oxygens (including phenoxy) is 3. The van der Waals surface area contributed by atoms with Gasteiger partial charge in [-0.2, -0.15) is 13.2 Å². The summed E-state index contributed by atoms with van der Waals surface area (Å²) < 4.78 is 84.2. The third-order valence-electron chi connectivity index (χ3n) is 7.42. The first-order valence-corrected chi connectivity index (χ1v) is 32.0. The lowest BCUT2D eigenvalue weighted by Crippen LogP contribution is -2.60. The van der Waals surface area contributed by atoms with Crippen LogP contribution in [-0.4, -0.2) is 110 Å². The molecule has 5 unspecified atom stereocenters. The smallest absolute Gasteiger partial charge is 0.389 e. The van der Waals surface area contributed by atoms with Gasteiger partial charge in [-0.25, -0.2) is 0 Å². The Labute approximate surface area is 295 Å². The second-order valence-corrected chi connectivity index (χ2v) is 35.5. The Morgan fingerprint density at radius 1 is 0.583 bits per heavy atom. The lowest BCUT2D eigenvalue weighted by molar-refractivity contribution is -0.131. The first-order chi connectivity index (χ1) is 21.7. The van der Waals surface area contributed by atoms with Gasteiger partial charge in [-0.05, 0) is 129 Å². The Bertz CT molecular complexity index is 810. The molecule has 17 heteroatoms. The lowest BCUT2D eigenvalue weighted by atomic mass is 10.0. The monoisotopic (exact) mass is 784 g/mol. The molecule has 2 N–H and O–H groups in total. The molecule has 0 spiro atoms. The average Bonchev–Trinajstić information content (AvgIpc) is 2.86. The van der Waals surface area contributed by atoms with Gasteiger partial charge in [0, 0.05) is 26.2 Å². The highest BCUT2D eigenvalue weighted by Crippen LogP contribution is 2.34. The Balaban J connectivity index is 5.21. The van der Waals surface area contributed by atoms with Gasteiger partial charge in [-0.3, -0.25) is 0 Å². The van der Waals surface area contributed by atoms with Crippen molar-refractivity contribution in [3.05, 3.63) is 0 Å². The minimum atomic E-state index is -4.32. The molecule has 0 aromatic carbocycles. The van der Waals surface area contributed by atoms with Crippen molar-refractivity contribution < 1.29 is 54.1 Å². The molecule has 0 aliphatic carbocycles. The second-order valence-electron chi connectivity index (χ2n) is 15.9. The van der Waals surface area contributed by atoms with E-state index < -0.39 is 61.0 Å². The molecule has 0 amide bonds. The summed E-state index contributed by atoms with van der Waals surface area (Å²) in [4.78, 5) is 0. The van der Waals surface area contributed by atoms with E-state index in [1.165, 1.54) is 0 Å². The van der Waals surface area contributed by atoms with Gasteiger partial charge in [-0.15, -0.1) is 0 Å². The van der Waals surface area contributed by atoms with Crippen molar-refractivity contribution in [2.75, 3.05) is 33.0 Å².